The summed E-state index contributed by atoms with van der Waals surface area (Å²) in [5.41, 5.74) is 7.10. The zero-order valence-electron chi connectivity index (χ0n) is 10.6. The van der Waals surface area contributed by atoms with Crippen LogP contribution in [0.15, 0.2) is 46.7 Å². The second-order valence-electron chi connectivity index (χ2n) is 4.13. The number of aromatic nitrogens is 3. The summed E-state index contributed by atoms with van der Waals surface area (Å²) >= 11 is 1.47. The standard InChI is InChI=1S/C13H16N4OS/c1-2-10(14)12(9-3-6-15-7-4-9)19-13-16-8-5-11(18)17-13/h3-8,10,12H,2,14H2,1H3,(H,16,17,18). The summed E-state index contributed by atoms with van der Waals surface area (Å²) in [5, 5.41) is 0.622. The van der Waals surface area contributed by atoms with Gasteiger partial charge in [-0.3, -0.25) is 9.78 Å². The topological polar surface area (TPSA) is 84.7 Å². The van der Waals surface area contributed by atoms with Crippen molar-refractivity contribution in [3.8, 4) is 0 Å². The van der Waals surface area contributed by atoms with Crippen LogP contribution in [-0.4, -0.2) is 21.0 Å². The predicted octanol–water partition coefficient (Wildman–Crippen LogP) is 1.74. The van der Waals surface area contributed by atoms with E-state index in [-0.39, 0.29) is 16.9 Å². The Kier molecular flexibility index (Phi) is 4.70. The minimum Gasteiger partial charge on any atom is -0.326 e. The molecule has 0 amide bonds. The molecular weight excluding hydrogens is 260 g/mol. The van der Waals surface area contributed by atoms with E-state index >= 15 is 0 Å². The van der Waals surface area contributed by atoms with E-state index < -0.39 is 0 Å². The summed E-state index contributed by atoms with van der Waals surface area (Å²) in [4.78, 5) is 22.2. The number of nitrogens with two attached hydrogens (primary N) is 1. The molecule has 0 aliphatic heterocycles. The predicted molar refractivity (Wildman–Crippen MR) is 76.0 cm³/mol. The fraction of sp³-hybridized carbons (Fsp3) is 0.308. The molecule has 5 nitrogen and oxygen atoms in total. The summed E-state index contributed by atoms with van der Waals surface area (Å²) in [6.07, 6.45) is 5.83. The van der Waals surface area contributed by atoms with Crippen LogP contribution in [0.4, 0.5) is 0 Å². The zero-order valence-corrected chi connectivity index (χ0v) is 11.4. The van der Waals surface area contributed by atoms with Gasteiger partial charge in [-0.2, -0.15) is 0 Å². The molecule has 2 rings (SSSR count). The summed E-state index contributed by atoms with van der Waals surface area (Å²) < 4.78 is 0. The third kappa shape index (κ3) is 3.65. The van der Waals surface area contributed by atoms with Gasteiger partial charge in [-0.15, -0.1) is 0 Å². The molecule has 2 atom stereocenters. The van der Waals surface area contributed by atoms with E-state index in [2.05, 4.69) is 15.0 Å². The molecule has 0 aromatic carbocycles. The Labute approximate surface area is 115 Å². The minimum atomic E-state index is -0.156. The van der Waals surface area contributed by atoms with Gasteiger partial charge in [-0.05, 0) is 24.1 Å². The van der Waals surface area contributed by atoms with Crippen molar-refractivity contribution in [3.05, 3.63) is 52.7 Å². The van der Waals surface area contributed by atoms with Crippen molar-refractivity contribution in [2.45, 2.75) is 29.8 Å². The third-order valence-electron chi connectivity index (χ3n) is 2.78. The number of nitrogens with zero attached hydrogens (tertiary/aromatic N) is 2. The first-order valence-corrected chi connectivity index (χ1v) is 6.96. The molecule has 0 bridgehead atoms. The van der Waals surface area contributed by atoms with Gasteiger partial charge in [-0.25, -0.2) is 4.98 Å². The Bertz CT molecular complexity index is 572. The fourth-order valence-electron chi connectivity index (χ4n) is 1.70. The number of hydrogen-bond donors (Lipinski definition) is 2. The van der Waals surface area contributed by atoms with Crippen molar-refractivity contribution < 1.29 is 0 Å². The second kappa shape index (κ2) is 6.49. The van der Waals surface area contributed by atoms with E-state index in [1.807, 2.05) is 19.1 Å². The fourth-order valence-corrected chi connectivity index (χ4v) is 2.88. The average molecular weight is 276 g/mol. The highest BCUT2D eigenvalue weighted by molar-refractivity contribution is 7.99. The average Bonchev–Trinajstić information content (AvgIpc) is 2.45. The van der Waals surface area contributed by atoms with Crippen molar-refractivity contribution in [1.82, 2.24) is 15.0 Å². The number of nitrogens with one attached hydrogen (secondary N) is 1. The lowest BCUT2D eigenvalue weighted by atomic mass is 10.1. The van der Waals surface area contributed by atoms with Crippen molar-refractivity contribution >= 4 is 11.8 Å². The lowest BCUT2D eigenvalue weighted by Gasteiger charge is -2.21. The monoisotopic (exact) mass is 276 g/mol. The first kappa shape index (κ1) is 13.8. The number of hydrogen-bond acceptors (Lipinski definition) is 5. The molecule has 2 aromatic rings. The smallest absolute Gasteiger partial charge is 0.251 e. The van der Waals surface area contributed by atoms with Crippen molar-refractivity contribution in [2.75, 3.05) is 0 Å². The van der Waals surface area contributed by atoms with Crippen LogP contribution in [0.3, 0.4) is 0 Å². The molecule has 0 radical (unpaired) electrons. The first-order chi connectivity index (χ1) is 9.20. The van der Waals surface area contributed by atoms with E-state index in [0.717, 1.165) is 12.0 Å². The number of aromatic amines is 1. The van der Waals surface area contributed by atoms with Gasteiger partial charge < -0.3 is 10.7 Å². The lowest BCUT2D eigenvalue weighted by Crippen LogP contribution is -2.26. The zero-order chi connectivity index (χ0) is 13.7. The van der Waals surface area contributed by atoms with Gasteiger partial charge in [0.25, 0.3) is 5.56 Å². The number of pyridine rings is 1. The second-order valence-corrected chi connectivity index (χ2v) is 5.26. The van der Waals surface area contributed by atoms with Crippen molar-refractivity contribution in [3.63, 3.8) is 0 Å². The molecule has 0 spiro atoms. The summed E-state index contributed by atoms with van der Waals surface area (Å²) in [6.45, 7) is 2.04. The molecular formula is C13H16N4OS. The molecule has 3 N–H and O–H groups in total. The highest BCUT2D eigenvalue weighted by atomic mass is 32.2. The van der Waals surface area contributed by atoms with Gasteiger partial charge in [0.15, 0.2) is 5.16 Å². The highest BCUT2D eigenvalue weighted by Gasteiger charge is 2.20. The van der Waals surface area contributed by atoms with Gasteiger partial charge in [-0.1, -0.05) is 18.7 Å². The van der Waals surface area contributed by atoms with Crippen LogP contribution in [0.1, 0.15) is 24.2 Å². The number of H-pyrrole nitrogens is 1. The summed E-state index contributed by atoms with van der Waals surface area (Å²) in [7, 11) is 0. The van der Waals surface area contributed by atoms with Gasteiger partial charge in [0.1, 0.15) is 0 Å². The Morgan fingerprint density at radius 1 is 1.32 bits per heavy atom. The van der Waals surface area contributed by atoms with Crippen LogP contribution in [-0.2, 0) is 0 Å². The molecule has 6 heteroatoms. The molecule has 0 fully saturated rings. The van der Waals surface area contributed by atoms with Crippen LogP contribution in [0.25, 0.3) is 0 Å². The normalized spacial score (nSPS) is 14.0. The minimum absolute atomic E-state index is 0.0158. The third-order valence-corrected chi connectivity index (χ3v) is 4.09. The van der Waals surface area contributed by atoms with Gasteiger partial charge >= 0.3 is 0 Å². The highest BCUT2D eigenvalue weighted by Crippen LogP contribution is 2.35. The van der Waals surface area contributed by atoms with Crippen LogP contribution < -0.4 is 11.3 Å². The molecule has 2 unspecified atom stereocenters. The SMILES string of the molecule is CCC(N)C(Sc1nccc(=O)[nH]1)c1ccncc1. The van der Waals surface area contributed by atoms with E-state index in [0.29, 0.717) is 5.16 Å². The number of rotatable bonds is 5. The summed E-state index contributed by atoms with van der Waals surface area (Å²) in [5.74, 6) is 0. The molecule has 19 heavy (non-hydrogen) atoms. The van der Waals surface area contributed by atoms with Gasteiger partial charge in [0.05, 0.1) is 5.25 Å². The van der Waals surface area contributed by atoms with E-state index in [9.17, 15) is 4.79 Å². The molecule has 0 aliphatic rings. The first-order valence-electron chi connectivity index (χ1n) is 6.08. The van der Waals surface area contributed by atoms with Crippen LogP contribution in [0.2, 0.25) is 0 Å². The van der Waals surface area contributed by atoms with Crippen molar-refractivity contribution in [2.24, 2.45) is 5.73 Å². The largest absolute Gasteiger partial charge is 0.326 e. The van der Waals surface area contributed by atoms with Crippen LogP contribution in [0.5, 0.6) is 0 Å². The molecule has 0 saturated heterocycles. The van der Waals surface area contributed by atoms with Crippen LogP contribution in [0, 0.1) is 0 Å². The maximum Gasteiger partial charge on any atom is 0.251 e. The Morgan fingerprint density at radius 2 is 2.05 bits per heavy atom. The van der Waals surface area contributed by atoms with Gasteiger partial charge in [0.2, 0.25) is 0 Å². The van der Waals surface area contributed by atoms with E-state index in [1.54, 1.807) is 12.4 Å². The Balaban J connectivity index is 2.27. The van der Waals surface area contributed by atoms with E-state index in [4.69, 9.17) is 5.73 Å². The number of thioether (sulfide) groups is 1. The maximum absolute atomic E-state index is 11.3. The van der Waals surface area contributed by atoms with Crippen LogP contribution >= 0.6 is 11.8 Å². The molecule has 100 valence electrons. The lowest BCUT2D eigenvalue weighted by molar-refractivity contribution is 0.632. The van der Waals surface area contributed by atoms with E-state index in [1.165, 1.54) is 24.0 Å². The molecule has 0 saturated carbocycles. The summed E-state index contributed by atoms with van der Waals surface area (Å²) in [6, 6.07) is 5.26. The maximum atomic E-state index is 11.3. The molecule has 2 aromatic heterocycles. The Morgan fingerprint density at radius 3 is 2.68 bits per heavy atom. The van der Waals surface area contributed by atoms with Gasteiger partial charge in [0, 0.05) is 30.7 Å². The molecule has 2 heterocycles. The quantitative estimate of drug-likeness (QED) is 0.642. The molecule has 0 aliphatic carbocycles. The Hall–Kier alpha value is -1.66. The van der Waals surface area contributed by atoms with Crippen molar-refractivity contribution in [1.29, 1.82) is 0 Å².